The Kier molecular flexibility index (Phi) is 10.9. The minimum Gasteiger partial charge on any atom is -0.480 e. The van der Waals surface area contributed by atoms with E-state index in [1.807, 2.05) is 77.7 Å². The molecule has 0 bridgehead atoms. The molecule has 4 aromatic carbocycles. The van der Waals surface area contributed by atoms with Gasteiger partial charge in [0.1, 0.15) is 12.1 Å². The first kappa shape index (κ1) is 33.2. The topological polar surface area (TPSA) is 119 Å². The van der Waals surface area contributed by atoms with E-state index < -0.39 is 29.9 Å². The number of nitrogens with zero attached hydrogens (tertiary/aromatic N) is 3. The van der Waals surface area contributed by atoms with Crippen molar-refractivity contribution in [3.8, 4) is 0 Å². The van der Waals surface area contributed by atoms with Gasteiger partial charge in [-0.3, -0.25) is 14.5 Å². The van der Waals surface area contributed by atoms with Crippen LogP contribution in [0.4, 0.5) is 17.1 Å². The lowest BCUT2D eigenvalue weighted by Gasteiger charge is -2.36. The summed E-state index contributed by atoms with van der Waals surface area (Å²) < 4.78 is 0. The van der Waals surface area contributed by atoms with Crippen LogP contribution in [0, 0.1) is 0 Å². The van der Waals surface area contributed by atoms with Gasteiger partial charge in [0.25, 0.3) is 0 Å². The summed E-state index contributed by atoms with van der Waals surface area (Å²) in [7, 11) is 0. The molecule has 0 spiro atoms. The maximum atomic E-state index is 14.2. The number of imidazole rings is 1. The van der Waals surface area contributed by atoms with Crippen LogP contribution in [0.5, 0.6) is 0 Å². The first-order chi connectivity index (χ1) is 22.7. The van der Waals surface area contributed by atoms with E-state index in [0.29, 0.717) is 39.3 Å². The number of carbonyl (C=O) groups is 3. The summed E-state index contributed by atoms with van der Waals surface area (Å²) in [5.74, 6) is -2.27. The quantitative estimate of drug-likeness (QED) is 0.126. The number of benzene rings is 4. The fourth-order valence-electron chi connectivity index (χ4n) is 5.47. The van der Waals surface area contributed by atoms with E-state index in [1.165, 1.54) is 24.3 Å². The highest BCUT2D eigenvalue weighted by Gasteiger charge is 2.35. The number of amides is 2. The van der Waals surface area contributed by atoms with Crippen LogP contribution >= 0.6 is 23.2 Å². The number of rotatable bonds is 13. The Morgan fingerprint density at radius 1 is 0.809 bits per heavy atom. The van der Waals surface area contributed by atoms with E-state index in [1.54, 1.807) is 30.3 Å². The number of aromatic nitrogens is 2. The largest absolute Gasteiger partial charge is 0.480 e. The van der Waals surface area contributed by atoms with Gasteiger partial charge in [-0.25, -0.2) is 9.78 Å². The SMILES string of the molecule is CC(=O)N(c1ccccc1N(Cc1ccccc1)c1c(Cl)cccc1Cl)[C@@H](Cc1ccccc1)C(=O)N[C@@H](Cc1cnc[nH]1)C(=O)O. The zero-order chi connectivity index (χ0) is 33.3. The highest BCUT2D eigenvalue weighted by atomic mass is 35.5. The Balaban J connectivity index is 1.62. The molecule has 1 aromatic heterocycles. The van der Waals surface area contributed by atoms with Gasteiger partial charge in [-0.1, -0.05) is 102 Å². The maximum Gasteiger partial charge on any atom is 0.326 e. The van der Waals surface area contributed by atoms with Crippen LogP contribution in [0.15, 0.2) is 116 Å². The standard InChI is InChI=1S/C36H33Cl2N5O4/c1-24(44)43(33(19-25-11-4-2-5-12-25)35(45)41-30(36(46)47)20-27-21-39-23-40-27)32-18-9-8-17-31(32)42(22-26-13-6-3-7-14-26)34-28(37)15-10-16-29(34)38/h2-18,21,23,30,33H,19-20,22H2,1H3,(H,39,40)(H,41,45)(H,46,47)/t30-,33-/m0/s1. The van der Waals surface area contributed by atoms with Crippen molar-refractivity contribution in [1.29, 1.82) is 0 Å². The summed E-state index contributed by atoms with van der Waals surface area (Å²) in [5.41, 5.74) is 3.80. The first-order valence-electron chi connectivity index (χ1n) is 14.9. The van der Waals surface area contributed by atoms with Crippen LogP contribution in [-0.2, 0) is 33.8 Å². The number of hydrogen-bond acceptors (Lipinski definition) is 5. The Bertz CT molecular complexity index is 1800. The van der Waals surface area contributed by atoms with E-state index in [2.05, 4.69) is 15.3 Å². The van der Waals surface area contributed by atoms with Crippen LogP contribution in [0.1, 0.15) is 23.7 Å². The predicted molar refractivity (Wildman–Crippen MR) is 184 cm³/mol. The lowest BCUT2D eigenvalue weighted by atomic mass is 10.0. The number of hydrogen-bond donors (Lipinski definition) is 3. The second-order valence-corrected chi connectivity index (χ2v) is 11.7. The molecule has 0 radical (unpaired) electrons. The minimum absolute atomic E-state index is 0.0222. The minimum atomic E-state index is -1.28. The monoisotopic (exact) mass is 669 g/mol. The predicted octanol–water partition coefficient (Wildman–Crippen LogP) is 6.83. The molecule has 5 aromatic rings. The van der Waals surface area contributed by atoms with E-state index in [-0.39, 0.29) is 12.8 Å². The number of para-hydroxylation sites is 3. The molecule has 2 atom stereocenters. The Morgan fingerprint density at radius 2 is 1.40 bits per heavy atom. The molecule has 0 unspecified atom stereocenters. The third kappa shape index (κ3) is 8.19. The highest BCUT2D eigenvalue weighted by Crippen LogP contribution is 2.43. The molecule has 0 saturated heterocycles. The highest BCUT2D eigenvalue weighted by molar-refractivity contribution is 6.39. The first-order valence-corrected chi connectivity index (χ1v) is 15.7. The molecular formula is C36H33Cl2N5O4. The van der Waals surface area contributed by atoms with Crippen molar-refractivity contribution < 1.29 is 19.5 Å². The molecular weight excluding hydrogens is 637 g/mol. The molecule has 5 rings (SSSR count). The summed E-state index contributed by atoms with van der Waals surface area (Å²) in [4.78, 5) is 50.4. The summed E-state index contributed by atoms with van der Waals surface area (Å²) in [5, 5.41) is 13.5. The summed E-state index contributed by atoms with van der Waals surface area (Å²) in [6, 6.07) is 29.0. The lowest BCUT2D eigenvalue weighted by Crippen LogP contribution is -2.54. The van der Waals surface area contributed by atoms with Gasteiger partial charge < -0.3 is 20.3 Å². The average Bonchev–Trinajstić information content (AvgIpc) is 3.58. The molecule has 240 valence electrons. The van der Waals surface area contributed by atoms with Crippen LogP contribution < -0.4 is 15.1 Å². The normalized spacial score (nSPS) is 12.1. The molecule has 0 saturated carbocycles. The number of nitrogens with one attached hydrogen (secondary N) is 2. The Morgan fingerprint density at radius 3 is 1.98 bits per heavy atom. The number of carbonyl (C=O) groups excluding carboxylic acids is 2. The number of aliphatic carboxylic acids is 1. The van der Waals surface area contributed by atoms with Gasteiger partial charge in [-0.2, -0.15) is 0 Å². The van der Waals surface area contributed by atoms with Crippen molar-refractivity contribution in [3.05, 3.63) is 143 Å². The molecule has 2 amide bonds. The van der Waals surface area contributed by atoms with E-state index in [0.717, 1.165) is 11.1 Å². The fourth-order valence-corrected chi connectivity index (χ4v) is 6.07. The molecule has 47 heavy (non-hydrogen) atoms. The van der Waals surface area contributed by atoms with Gasteiger partial charge in [0.2, 0.25) is 11.8 Å². The molecule has 0 aliphatic rings. The molecule has 9 nitrogen and oxygen atoms in total. The molecule has 1 heterocycles. The fraction of sp³-hybridized carbons (Fsp3) is 0.167. The number of anilines is 3. The van der Waals surface area contributed by atoms with Crippen molar-refractivity contribution >= 4 is 58.0 Å². The summed E-state index contributed by atoms with van der Waals surface area (Å²) in [6.07, 6.45) is 3.03. The molecule has 3 N–H and O–H groups in total. The van der Waals surface area contributed by atoms with Crippen LogP contribution in [0.25, 0.3) is 0 Å². The number of aromatic amines is 1. The number of H-pyrrole nitrogens is 1. The van der Waals surface area contributed by atoms with Crippen molar-refractivity contribution in [2.45, 2.75) is 38.4 Å². The molecule has 0 aliphatic carbocycles. The molecule has 0 fully saturated rings. The van der Waals surface area contributed by atoms with Gasteiger partial charge in [-0.05, 0) is 35.4 Å². The second kappa shape index (κ2) is 15.4. The summed E-state index contributed by atoms with van der Waals surface area (Å²) >= 11 is 13.5. The van der Waals surface area contributed by atoms with E-state index in [4.69, 9.17) is 23.2 Å². The smallest absolute Gasteiger partial charge is 0.326 e. The van der Waals surface area contributed by atoms with E-state index in [9.17, 15) is 19.5 Å². The Labute approximate surface area is 282 Å². The molecule has 0 aliphatic heterocycles. The maximum absolute atomic E-state index is 14.2. The zero-order valence-electron chi connectivity index (χ0n) is 25.5. The zero-order valence-corrected chi connectivity index (χ0v) is 27.0. The lowest BCUT2D eigenvalue weighted by molar-refractivity contribution is -0.142. The van der Waals surface area contributed by atoms with Crippen molar-refractivity contribution in [2.24, 2.45) is 0 Å². The van der Waals surface area contributed by atoms with Crippen LogP contribution in [0.3, 0.4) is 0 Å². The third-order valence-electron chi connectivity index (χ3n) is 7.64. The van der Waals surface area contributed by atoms with Crippen molar-refractivity contribution in [2.75, 3.05) is 9.80 Å². The van der Waals surface area contributed by atoms with Gasteiger partial charge >= 0.3 is 5.97 Å². The summed E-state index contributed by atoms with van der Waals surface area (Å²) in [6.45, 7) is 1.72. The number of halogens is 2. The van der Waals surface area contributed by atoms with Gasteiger partial charge in [-0.15, -0.1) is 0 Å². The van der Waals surface area contributed by atoms with Crippen LogP contribution in [0.2, 0.25) is 10.0 Å². The third-order valence-corrected chi connectivity index (χ3v) is 8.25. The van der Waals surface area contributed by atoms with Crippen LogP contribution in [-0.4, -0.2) is 44.9 Å². The Hall–Kier alpha value is -5.12. The van der Waals surface area contributed by atoms with Gasteiger partial charge in [0, 0.05) is 38.2 Å². The number of carboxylic acids is 1. The van der Waals surface area contributed by atoms with Crippen molar-refractivity contribution in [1.82, 2.24) is 15.3 Å². The van der Waals surface area contributed by atoms with Gasteiger partial charge in [0.05, 0.1) is 33.4 Å². The number of carboxylic acid groups (broad SMARTS) is 1. The molecule has 11 heteroatoms. The average molecular weight is 671 g/mol. The van der Waals surface area contributed by atoms with E-state index >= 15 is 0 Å². The second-order valence-electron chi connectivity index (χ2n) is 10.9. The van der Waals surface area contributed by atoms with Crippen molar-refractivity contribution in [3.63, 3.8) is 0 Å². The van der Waals surface area contributed by atoms with Gasteiger partial charge in [0.15, 0.2) is 0 Å².